The van der Waals surface area contributed by atoms with Gasteiger partial charge in [0.2, 0.25) is 0 Å². The number of carbonyl (C=O) groups is 1. The molecule has 1 unspecified atom stereocenters. The monoisotopic (exact) mass is 187 g/mol. The smallest absolute Gasteiger partial charge is 0.320 e. The van der Waals surface area contributed by atoms with E-state index in [1.54, 1.807) is 0 Å². The number of hydrogen-bond donors (Lipinski definition) is 1. The van der Waals surface area contributed by atoms with Gasteiger partial charge in [-0.2, -0.15) is 0 Å². The lowest BCUT2D eigenvalue weighted by Gasteiger charge is -2.36. The van der Waals surface area contributed by atoms with Gasteiger partial charge in [-0.15, -0.1) is 0 Å². The summed E-state index contributed by atoms with van der Waals surface area (Å²) in [7, 11) is 0. The topological polar surface area (TPSA) is 49.8 Å². The Balaban J connectivity index is 2.60. The van der Waals surface area contributed by atoms with Crippen molar-refractivity contribution in [2.45, 2.75) is 32.4 Å². The largest absolute Gasteiger partial charge is 0.480 e. The van der Waals surface area contributed by atoms with E-state index in [4.69, 9.17) is 9.84 Å². The van der Waals surface area contributed by atoms with Crippen LogP contribution in [-0.4, -0.2) is 47.8 Å². The Morgan fingerprint density at radius 3 is 2.92 bits per heavy atom. The first-order valence-electron chi connectivity index (χ1n) is 4.73. The number of carboxylic acid groups (broad SMARTS) is 1. The Labute approximate surface area is 78.5 Å². The third kappa shape index (κ3) is 2.42. The average molecular weight is 187 g/mol. The van der Waals surface area contributed by atoms with Gasteiger partial charge in [0.05, 0.1) is 13.2 Å². The van der Waals surface area contributed by atoms with Crippen molar-refractivity contribution in [1.82, 2.24) is 4.90 Å². The molecule has 1 fully saturated rings. The van der Waals surface area contributed by atoms with Crippen molar-refractivity contribution in [3.8, 4) is 0 Å². The third-order valence-corrected chi connectivity index (χ3v) is 2.49. The standard InChI is InChI=1S/C9H17NO3/c1-3-8(9(11)12)10-4-5-13-6-7(10)2/h7-8H,3-6H2,1-2H3,(H,11,12)/t7-,8?/m0/s1. The van der Waals surface area contributed by atoms with E-state index in [9.17, 15) is 4.79 Å². The highest BCUT2D eigenvalue weighted by molar-refractivity contribution is 5.73. The maximum Gasteiger partial charge on any atom is 0.320 e. The molecule has 1 aliphatic heterocycles. The number of rotatable bonds is 3. The molecule has 0 spiro atoms. The van der Waals surface area contributed by atoms with Crippen molar-refractivity contribution in [2.24, 2.45) is 0 Å². The van der Waals surface area contributed by atoms with Gasteiger partial charge in [-0.3, -0.25) is 9.69 Å². The van der Waals surface area contributed by atoms with Gasteiger partial charge in [-0.1, -0.05) is 6.92 Å². The second kappa shape index (κ2) is 4.58. The molecular weight excluding hydrogens is 170 g/mol. The molecule has 0 amide bonds. The molecule has 1 N–H and O–H groups in total. The van der Waals surface area contributed by atoms with Gasteiger partial charge in [-0.25, -0.2) is 0 Å². The summed E-state index contributed by atoms with van der Waals surface area (Å²) in [5.74, 6) is -0.726. The van der Waals surface area contributed by atoms with Crippen LogP contribution in [0.4, 0.5) is 0 Å². The number of aliphatic carboxylic acids is 1. The summed E-state index contributed by atoms with van der Waals surface area (Å²) in [6, 6.07) is -0.131. The van der Waals surface area contributed by atoms with Crippen molar-refractivity contribution in [3.63, 3.8) is 0 Å². The summed E-state index contributed by atoms with van der Waals surface area (Å²) < 4.78 is 5.25. The molecule has 4 nitrogen and oxygen atoms in total. The molecule has 0 bridgehead atoms. The van der Waals surface area contributed by atoms with E-state index >= 15 is 0 Å². The summed E-state index contributed by atoms with van der Waals surface area (Å²) >= 11 is 0. The Kier molecular flexibility index (Phi) is 3.69. The number of carboxylic acids is 1. The molecule has 0 aromatic carbocycles. The zero-order valence-electron chi connectivity index (χ0n) is 8.19. The maximum atomic E-state index is 10.9. The normalized spacial score (nSPS) is 27.1. The van der Waals surface area contributed by atoms with Gasteiger partial charge in [-0.05, 0) is 13.3 Å². The van der Waals surface area contributed by atoms with Crippen molar-refractivity contribution >= 4 is 5.97 Å². The molecule has 0 aliphatic carbocycles. The Bertz CT molecular complexity index is 184. The van der Waals surface area contributed by atoms with Crippen LogP contribution >= 0.6 is 0 Å². The van der Waals surface area contributed by atoms with Crippen LogP contribution in [0.1, 0.15) is 20.3 Å². The number of morpholine rings is 1. The minimum absolute atomic E-state index is 0.217. The first-order chi connectivity index (χ1) is 6.16. The molecule has 1 rings (SSSR count). The number of nitrogens with zero attached hydrogens (tertiary/aromatic N) is 1. The minimum atomic E-state index is -0.726. The molecule has 0 aromatic rings. The van der Waals surface area contributed by atoms with E-state index in [-0.39, 0.29) is 12.1 Å². The highest BCUT2D eigenvalue weighted by atomic mass is 16.5. The van der Waals surface area contributed by atoms with Crippen molar-refractivity contribution < 1.29 is 14.6 Å². The van der Waals surface area contributed by atoms with Crippen LogP contribution in [0.15, 0.2) is 0 Å². The zero-order valence-corrected chi connectivity index (χ0v) is 8.19. The average Bonchev–Trinajstić information content (AvgIpc) is 2.09. The fraction of sp³-hybridized carbons (Fsp3) is 0.889. The molecule has 1 saturated heterocycles. The van der Waals surface area contributed by atoms with Gasteiger partial charge in [0, 0.05) is 12.6 Å². The molecule has 0 aromatic heterocycles. The second-order valence-electron chi connectivity index (χ2n) is 3.42. The van der Waals surface area contributed by atoms with Crippen LogP contribution in [-0.2, 0) is 9.53 Å². The summed E-state index contributed by atoms with van der Waals surface area (Å²) in [6.07, 6.45) is 0.652. The second-order valence-corrected chi connectivity index (χ2v) is 3.42. The molecule has 0 saturated carbocycles. The molecule has 13 heavy (non-hydrogen) atoms. The highest BCUT2D eigenvalue weighted by Gasteiger charge is 2.29. The van der Waals surface area contributed by atoms with Gasteiger partial charge in [0.25, 0.3) is 0 Å². The predicted molar refractivity (Wildman–Crippen MR) is 48.7 cm³/mol. The van der Waals surface area contributed by atoms with Crippen LogP contribution < -0.4 is 0 Å². The summed E-state index contributed by atoms with van der Waals surface area (Å²) in [4.78, 5) is 12.9. The van der Waals surface area contributed by atoms with E-state index < -0.39 is 5.97 Å². The fourth-order valence-electron chi connectivity index (χ4n) is 1.75. The first kappa shape index (κ1) is 10.5. The van der Waals surface area contributed by atoms with Crippen LogP contribution in [0, 0.1) is 0 Å². The van der Waals surface area contributed by atoms with Crippen LogP contribution in [0.3, 0.4) is 0 Å². The molecule has 1 aliphatic rings. The predicted octanol–water partition coefficient (Wildman–Crippen LogP) is 0.570. The van der Waals surface area contributed by atoms with E-state index in [1.807, 2.05) is 18.7 Å². The molecule has 4 heteroatoms. The molecule has 2 atom stereocenters. The fourth-order valence-corrected chi connectivity index (χ4v) is 1.75. The summed E-state index contributed by atoms with van der Waals surface area (Å²) in [6.45, 7) is 5.93. The molecular formula is C9H17NO3. The van der Waals surface area contributed by atoms with Gasteiger partial charge in [0.15, 0.2) is 0 Å². The Hall–Kier alpha value is -0.610. The lowest BCUT2D eigenvalue weighted by Crippen LogP contribution is -2.52. The molecule has 1 heterocycles. The molecule has 76 valence electrons. The van der Waals surface area contributed by atoms with E-state index in [0.717, 1.165) is 6.54 Å². The van der Waals surface area contributed by atoms with Gasteiger partial charge in [0.1, 0.15) is 6.04 Å². The quantitative estimate of drug-likeness (QED) is 0.701. The van der Waals surface area contributed by atoms with Crippen molar-refractivity contribution in [2.75, 3.05) is 19.8 Å². The number of hydrogen-bond acceptors (Lipinski definition) is 3. The summed E-state index contributed by atoms with van der Waals surface area (Å²) in [5.41, 5.74) is 0. The van der Waals surface area contributed by atoms with Crippen molar-refractivity contribution in [3.05, 3.63) is 0 Å². The number of ether oxygens (including phenoxy) is 1. The van der Waals surface area contributed by atoms with E-state index in [2.05, 4.69) is 0 Å². The SMILES string of the molecule is CCC(C(=O)O)N1CCOC[C@@H]1C. The van der Waals surface area contributed by atoms with E-state index in [1.165, 1.54) is 0 Å². The lowest BCUT2D eigenvalue weighted by atomic mass is 10.1. The van der Waals surface area contributed by atoms with Crippen LogP contribution in [0.25, 0.3) is 0 Å². The van der Waals surface area contributed by atoms with Crippen molar-refractivity contribution in [1.29, 1.82) is 0 Å². The zero-order chi connectivity index (χ0) is 9.84. The highest BCUT2D eigenvalue weighted by Crippen LogP contribution is 2.13. The van der Waals surface area contributed by atoms with Crippen LogP contribution in [0.2, 0.25) is 0 Å². The summed E-state index contributed by atoms with van der Waals surface area (Å²) in [5, 5.41) is 8.96. The van der Waals surface area contributed by atoms with Gasteiger partial charge >= 0.3 is 5.97 Å². The van der Waals surface area contributed by atoms with Gasteiger partial charge < -0.3 is 9.84 Å². The Morgan fingerprint density at radius 2 is 2.46 bits per heavy atom. The molecule has 0 radical (unpaired) electrons. The Morgan fingerprint density at radius 1 is 1.77 bits per heavy atom. The van der Waals surface area contributed by atoms with Crippen LogP contribution in [0.5, 0.6) is 0 Å². The maximum absolute atomic E-state index is 10.9. The van der Waals surface area contributed by atoms with E-state index in [0.29, 0.717) is 19.6 Å². The minimum Gasteiger partial charge on any atom is -0.480 e. The third-order valence-electron chi connectivity index (χ3n) is 2.49. The first-order valence-corrected chi connectivity index (χ1v) is 4.73. The lowest BCUT2D eigenvalue weighted by molar-refractivity contribution is -0.147.